The molecule has 14 heavy (non-hydrogen) atoms. The van der Waals surface area contributed by atoms with E-state index in [1.165, 1.54) is 10.9 Å². The predicted octanol–water partition coefficient (Wildman–Crippen LogP) is 0.226. The van der Waals surface area contributed by atoms with Gasteiger partial charge < -0.3 is 0 Å². The second-order valence-corrected chi connectivity index (χ2v) is 2.67. The van der Waals surface area contributed by atoms with Gasteiger partial charge in [-0.1, -0.05) is 18.1 Å². The number of H-pyrrole nitrogens is 1. The van der Waals surface area contributed by atoms with Crippen LogP contribution in [0.2, 0.25) is 0 Å². The van der Waals surface area contributed by atoms with Crippen molar-refractivity contribution >= 4 is 0 Å². The molecule has 4 nitrogen and oxygen atoms in total. The Labute approximate surface area is 79.7 Å². The van der Waals surface area contributed by atoms with E-state index < -0.39 is 5.63 Å². The van der Waals surface area contributed by atoms with Crippen LogP contribution in [0.3, 0.4) is 0 Å². The molecule has 1 aromatic carbocycles. The summed E-state index contributed by atoms with van der Waals surface area (Å²) in [5, 5.41) is 2.43. The SMILES string of the molecule is C#Cc1ccccc1-[n+]1cc(=O)o[nH]1. The molecule has 1 heterocycles. The van der Waals surface area contributed by atoms with Gasteiger partial charge in [0.1, 0.15) is 0 Å². The summed E-state index contributed by atoms with van der Waals surface area (Å²) in [6.45, 7) is 0. The lowest BCUT2D eigenvalue weighted by Crippen LogP contribution is -2.33. The fraction of sp³-hybridized carbons (Fsp3) is 0. The van der Waals surface area contributed by atoms with E-state index in [1.54, 1.807) is 12.1 Å². The maximum absolute atomic E-state index is 10.8. The van der Waals surface area contributed by atoms with E-state index in [2.05, 4.69) is 15.7 Å². The van der Waals surface area contributed by atoms with Gasteiger partial charge in [0.15, 0.2) is 0 Å². The van der Waals surface area contributed by atoms with Crippen LogP contribution in [0.1, 0.15) is 5.56 Å². The molecule has 0 saturated heterocycles. The number of hydrogen-bond donors (Lipinski definition) is 1. The van der Waals surface area contributed by atoms with E-state index in [0.717, 1.165) is 0 Å². The van der Waals surface area contributed by atoms with Gasteiger partial charge >= 0.3 is 5.63 Å². The van der Waals surface area contributed by atoms with Crippen molar-refractivity contribution in [2.24, 2.45) is 0 Å². The third-order valence-corrected chi connectivity index (χ3v) is 1.80. The summed E-state index contributed by atoms with van der Waals surface area (Å²) in [4.78, 5) is 10.8. The fourth-order valence-corrected chi connectivity index (χ4v) is 1.18. The largest absolute Gasteiger partial charge is 0.427 e. The van der Waals surface area contributed by atoms with E-state index in [1.807, 2.05) is 12.1 Å². The van der Waals surface area contributed by atoms with Crippen molar-refractivity contribution < 1.29 is 9.20 Å². The molecule has 2 aromatic rings. The molecule has 0 unspecified atom stereocenters. The molecule has 0 aliphatic heterocycles. The van der Waals surface area contributed by atoms with Crippen LogP contribution >= 0.6 is 0 Å². The molecule has 0 saturated carbocycles. The van der Waals surface area contributed by atoms with Gasteiger partial charge in [0.05, 0.1) is 5.56 Å². The molecule has 2 rings (SSSR count). The van der Waals surface area contributed by atoms with Gasteiger partial charge in [0.25, 0.3) is 11.9 Å². The lowest BCUT2D eigenvalue weighted by molar-refractivity contribution is -0.670. The van der Waals surface area contributed by atoms with E-state index >= 15 is 0 Å². The second kappa shape index (κ2) is 3.23. The lowest BCUT2D eigenvalue weighted by Gasteiger charge is -1.91. The van der Waals surface area contributed by atoms with Crippen molar-refractivity contribution in [2.45, 2.75) is 0 Å². The monoisotopic (exact) mass is 187 g/mol. The molecule has 0 atom stereocenters. The first-order valence-corrected chi connectivity index (χ1v) is 3.97. The van der Waals surface area contributed by atoms with E-state index in [-0.39, 0.29) is 0 Å². The number of nitrogens with one attached hydrogen (secondary N) is 1. The first-order valence-electron chi connectivity index (χ1n) is 3.97. The molecular weight excluding hydrogens is 180 g/mol. The number of aromatic nitrogens is 2. The molecule has 68 valence electrons. The molecular formula is C10H7N2O2+. The smallest absolute Gasteiger partial charge is 0.283 e. The Bertz CT molecular complexity index is 545. The zero-order valence-electron chi connectivity index (χ0n) is 7.23. The molecule has 0 radical (unpaired) electrons. The van der Waals surface area contributed by atoms with E-state index in [0.29, 0.717) is 11.3 Å². The van der Waals surface area contributed by atoms with Crippen molar-refractivity contribution in [1.82, 2.24) is 5.27 Å². The molecule has 0 fully saturated rings. The Balaban J connectivity index is 2.63. The predicted molar refractivity (Wildman–Crippen MR) is 48.8 cm³/mol. The number of hydrogen-bond acceptors (Lipinski definition) is 2. The topological polar surface area (TPSA) is 49.9 Å². The second-order valence-electron chi connectivity index (χ2n) is 2.67. The zero-order valence-corrected chi connectivity index (χ0v) is 7.23. The summed E-state index contributed by atoms with van der Waals surface area (Å²) in [6, 6.07) is 7.24. The molecule has 1 aromatic heterocycles. The number of terminal acetylenes is 1. The Hall–Kier alpha value is -2.28. The summed E-state index contributed by atoms with van der Waals surface area (Å²) in [5.41, 5.74) is 0.951. The van der Waals surface area contributed by atoms with Gasteiger partial charge in [0, 0.05) is 6.07 Å². The number of aromatic amines is 1. The van der Waals surface area contributed by atoms with Crippen molar-refractivity contribution in [2.75, 3.05) is 0 Å². The van der Waals surface area contributed by atoms with Crippen LogP contribution in [-0.2, 0) is 0 Å². The highest BCUT2D eigenvalue weighted by Gasteiger charge is 2.13. The molecule has 0 bridgehead atoms. The number of para-hydroxylation sites is 1. The average Bonchev–Trinajstić information content (AvgIpc) is 2.65. The van der Waals surface area contributed by atoms with Crippen molar-refractivity contribution in [3.05, 3.63) is 46.4 Å². The summed E-state index contributed by atoms with van der Waals surface area (Å²) in [6.07, 6.45) is 6.60. The minimum atomic E-state index is -0.447. The Kier molecular flexibility index (Phi) is 1.92. The quantitative estimate of drug-likeness (QED) is 0.513. The minimum absolute atomic E-state index is 0.447. The first kappa shape index (κ1) is 8.32. The minimum Gasteiger partial charge on any atom is -0.283 e. The molecule has 0 aliphatic carbocycles. The average molecular weight is 187 g/mol. The normalized spacial score (nSPS) is 9.64. The molecule has 0 aliphatic rings. The van der Waals surface area contributed by atoms with E-state index in [9.17, 15) is 4.79 Å². The first-order chi connectivity index (χ1) is 6.81. The molecule has 0 spiro atoms. The van der Waals surface area contributed by atoms with Crippen LogP contribution in [0.15, 0.2) is 39.8 Å². The van der Waals surface area contributed by atoms with Crippen LogP contribution in [0.25, 0.3) is 5.69 Å². The summed E-state index contributed by atoms with van der Waals surface area (Å²) < 4.78 is 5.97. The van der Waals surface area contributed by atoms with Crippen molar-refractivity contribution in [1.29, 1.82) is 0 Å². The Morgan fingerprint density at radius 1 is 1.43 bits per heavy atom. The number of nitrogens with zero attached hydrogens (tertiary/aromatic N) is 1. The summed E-state index contributed by atoms with van der Waals surface area (Å²) in [7, 11) is 0. The van der Waals surface area contributed by atoms with Gasteiger partial charge in [-0.05, 0) is 16.0 Å². The van der Waals surface area contributed by atoms with Gasteiger partial charge in [-0.2, -0.15) is 0 Å². The van der Waals surface area contributed by atoms with Gasteiger partial charge in [0.2, 0.25) is 0 Å². The highest BCUT2D eigenvalue weighted by molar-refractivity contribution is 5.44. The number of rotatable bonds is 1. The maximum atomic E-state index is 10.8. The highest BCUT2D eigenvalue weighted by atomic mass is 16.5. The van der Waals surface area contributed by atoms with Gasteiger partial charge in [-0.25, -0.2) is 4.79 Å². The fourth-order valence-electron chi connectivity index (χ4n) is 1.18. The summed E-state index contributed by atoms with van der Waals surface area (Å²) >= 11 is 0. The zero-order chi connectivity index (χ0) is 9.97. The van der Waals surface area contributed by atoms with Crippen LogP contribution in [0.4, 0.5) is 0 Å². The third kappa shape index (κ3) is 1.31. The third-order valence-electron chi connectivity index (χ3n) is 1.80. The molecule has 0 amide bonds. The molecule has 4 heteroatoms. The van der Waals surface area contributed by atoms with Gasteiger partial charge in [-0.15, -0.1) is 6.42 Å². The lowest BCUT2D eigenvalue weighted by atomic mass is 10.2. The van der Waals surface area contributed by atoms with Crippen LogP contribution in [-0.4, -0.2) is 5.27 Å². The Morgan fingerprint density at radius 2 is 2.21 bits per heavy atom. The maximum Gasteiger partial charge on any atom is 0.427 e. The standard InChI is InChI=1S/C10H6N2O2/c1-2-8-5-3-4-6-9(8)12-7-10(13)14-11-12/h1,3-7H/p+1. The van der Waals surface area contributed by atoms with Gasteiger partial charge in [-0.3, -0.25) is 4.52 Å². The summed E-state index contributed by atoms with van der Waals surface area (Å²) in [5.74, 6) is 2.52. The van der Waals surface area contributed by atoms with Crippen LogP contribution in [0, 0.1) is 12.3 Å². The number of benzene rings is 1. The van der Waals surface area contributed by atoms with Crippen molar-refractivity contribution in [3.63, 3.8) is 0 Å². The molecule has 1 N–H and O–H groups in total. The Morgan fingerprint density at radius 3 is 2.86 bits per heavy atom. The highest BCUT2D eigenvalue weighted by Crippen LogP contribution is 2.04. The van der Waals surface area contributed by atoms with E-state index in [4.69, 9.17) is 6.42 Å². The van der Waals surface area contributed by atoms with Crippen LogP contribution in [0.5, 0.6) is 0 Å². The van der Waals surface area contributed by atoms with Crippen molar-refractivity contribution in [3.8, 4) is 18.0 Å². The van der Waals surface area contributed by atoms with Crippen LogP contribution < -0.4 is 10.3 Å².